The Balaban J connectivity index is 2.34. The molecule has 1 aromatic carbocycles. The molecule has 6 heteroatoms. The molecule has 0 spiro atoms. The average Bonchev–Trinajstić information content (AvgIpc) is 2.84. The van der Waals surface area contributed by atoms with Gasteiger partial charge in [-0.1, -0.05) is 32.9 Å². The minimum atomic E-state index is -1.07. The van der Waals surface area contributed by atoms with Crippen molar-refractivity contribution in [1.29, 1.82) is 0 Å². The van der Waals surface area contributed by atoms with Gasteiger partial charge in [0.2, 0.25) is 0 Å². The molecular formula is C19H22FNO4. The van der Waals surface area contributed by atoms with Crippen LogP contribution in [-0.2, 0) is 11.2 Å². The first kappa shape index (κ1) is 18.7. The lowest BCUT2D eigenvalue weighted by atomic mass is 9.82. The van der Waals surface area contributed by atoms with Crippen molar-refractivity contribution in [2.75, 3.05) is 0 Å². The van der Waals surface area contributed by atoms with Crippen LogP contribution < -0.4 is 5.32 Å². The Morgan fingerprint density at radius 1 is 1.24 bits per heavy atom. The molecule has 134 valence electrons. The summed E-state index contributed by atoms with van der Waals surface area (Å²) in [5.41, 5.74) is 1.24. The van der Waals surface area contributed by atoms with E-state index in [1.165, 1.54) is 18.4 Å². The standard InChI is InChI=1S/C19H22FNO4/c1-11-10-25-14(9-15(22)23)16(11)18(24)21-17(19(2,3)4)12-5-7-13(20)8-6-12/h5-8,10,17H,9H2,1-4H3,(H,21,24)(H,22,23). The number of hydrogen-bond donors (Lipinski definition) is 2. The number of aryl methyl sites for hydroxylation is 1. The first-order valence-corrected chi connectivity index (χ1v) is 7.94. The van der Waals surface area contributed by atoms with E-state index in [1.807, 2.05) is 20.8 Å². The zero-order valence-electron chi connectivity index (χ0n) is 14.7. The highest BCUT2D eigenvalue weighted by atomic mass is 19.1. The zero-order valence-corrected chi connectivity index (χ0v) is 14.7. The monoisotopic (exact) mass is 347 g/mol. The molecule has 1 unspecified atom stereocenters. The van der Waals surface area contributed by atoms with E-state index in [0.717, 1.165) is 5.56 Å². The summed E-state index contributed by atoms with van der Waals surface area (Å²) in [4.78, 5) is 23.7. The van der Waals surface area contributed by atoms with Gasteiger partial charge in [0.05, 0.1) is 17.9 Å². The Labute approximate surface area is 145 Å². The molecule has 2 rings (SSSR count). The van der Waals surface area contributed by atoms with Crippen LogP contribution in [-0.4, -0.2) is 17.0 Å². The van der Waals surface area contributed by atoms with E-state index in [-0.39, 0.29) is 35.0 Å². The number of furan rings is 1. The van der Waals surface area contributed by atoms with Gasteiger partial charge in [0.1, 0.15) is 18.0 Å². The van der Waals surface area contributed by atoms with Crippen molar-refractivity contribution in [3.05, 3.63) is 58.8 Å². The number of carbonyl (C=O) groups excluding carboxylic acids is 1. The van der Waals surface area contributed by atoms with Gasteiger partial charge < -0.3 is 14.8 Å². The van der Waals surface area contributed by atoms with Crippen LogP contribution in [0, 0.1) is 18.2 Å². The number of benzene rings is 1. The largest absolute Gasteiger partial charge is 0.481 e. The lowest BCUT2D eigenvalue weighted by Gasteiger charge is -2.32. The Hall–Kier alpha value is -2.63. The molecule has 1 aromatic heterocycles. The Morgan fingerprint density at radius 2 is 1.84 bits per heavy atom. The fraction of sp³-hybridized carbons (Fsp3) is 0.368. The van der Waals surface area contributed by atoms with Crippen LogP contribution in [0.1, 0.15) is 54.1 Å². The number of aliphatic carboxylic acids is 1. The maximum Gasteiger partial charge on any atom is 0.311 e. The van der Waals surface area contributed by atoms with Gasteiger partial charge in [-0.05, 0) is 30.0 Å². The van der Waals surface area contributed by atoms with E-state index in [1.54, 1.807) is 19.1 Å². The Morgan fingerprint density at radius 3 is 2.36 bits per heavy atom. The number of carboxylic acid groups (broad SMARTS) is 1. The number of carbonyl (C=O) groups is 2. The second-order valence-corrected chi connectivity index (χ2v) is 7.11. The molecule has 2 aromatic rings. The summed E-state index contributed by atoms with van der Waals surface area (Å²) in [5.74, 6) is -1.72. The molecule has 25 heavy (non-hydrogen) atoms. The summed E-state index contributed by atoms with van der Waals surface area (Å²) in [7, 11) is 0. The molecule has 0 bridgehead atoms. The summed E-state index contributed by atoms with van der Waals surface area (Å²) < 4.78 is 18.4. The molecule has 0 saturated carbocycles. The molecule has 1 atom stereocenters. The normalized spacial score (nSPS) is 12.7. The number of hydrogen-bond acceptors (Lipinski definition) is 3. The molecule has 5 nitrogen and oxygen atoms in total. The summed E-state index contributed by atoms with van der Waals surface area (Å²) in [6.45, 7) is 7.57. The number of rotatable bonds is 5. The Bertz CT molecular complexity index is 772. The molecular weight excluding hydrogens is 325 g/mol. The van der Waals surface area contributed by atoms with Crippen molar-refractivity contribution in [1.82, 2.24) is 5.32 Å². The van der Waals surface area contributed by atoms with Crippen molar-refractivity contribution in [3.8, 4) is 0 Å². The van der Waals surface area contributed by atoms with Crippen molar-refractivity contribution in [2.45, 2.75) is 40.2 Å². The first-order chi connectivity index (χ1) is 11.6. The highest BCUT2D eigenvalue weighted by molar-refractivity contribution is 5.97. The minimum absolute atomic E-state index is 0.120. The van der Waals surface area contributed by atoms with Gasteiger partial charge in [0.15, 0.2) is 0 Å². The van der Waals surface area contributed by atoms with Crippen LogP contribution >= 0.6 is 0 Å². The van der Waals surface area contributed by atoms with E-state index in [0.29, 0.717) is 5.56 Å². The molecule has 1 heterocycles. The average molecular weight is 347 g/mol. The third-order valence-electron chi connectivity index (χ3n) is 3.93. The third-order valence-corrected chi connectivity index (χ3v) is 3.93. The van der Waals surface area contributed by atoms with Crippen LogP contribution in [0.25, 0.3) is 0 Å². The number of amides is 1. The van der Waals surface area contributed by atoms with Crippen molar-refractivity contribution >= 4 is 11.9 Å². The minimum Gasteiger partial charge on any atom is -0.481 e. The molecule has 0 aliphatic carbocycles. The van der Waals surface area contributed by atoms with Crippen LogP contribution in [0.2, 0.25) is 0 Å². The van der Waals surface area contributed by atoms with Gasteiger partial charge in [0, 0.05) is 5.56 Å². The van der Waals surface area contributed by atoms with Crippen molar-refractivity contribution in [3.63, 3.8) is 0 Å². The van der Waals surface area contributed by atoms with Crippen molar-refractivity contribution in [2.24, 2.45) is 5.41 Å². The molecule has 2 N–H and O–H groups in total. The van der Waals surface area contributed by atoms with Crippen LogP contribution in [0.3, 0.4) is 0 Å². The predicted molar refractivity (Wildman–Crippen MR) is 90.8 cm³/mol. The van der Waals surface area contributed by atoms with E-state index in [4.69, 9.17) is 9.52 Å². The quantitative estimate of drug-likeness (QED) is 0.860. The lowest BCUT2D eigenvalue weighted by Crippen LogP contribution is -2.37. The molecule has 1 amide bonds. The summed E-state index contributed by atoms with van der Waals surface area (Å²) in [6.07, 6.45) is 1.00. The lowest BCUT2D eigenvalue weighted by molar-refractivity contribution is -0.136. The van der Waals surface area contributed by atoms with Gasteiger partial charge in [-0.2, -0.15) is 0 Å². The number of halogens is 1. The third kappa shape index (κ3) is 4.47. The van der Waals surface area contributed by atoms with Gasteiger partial charge >= 0.3 is 5.97 Å². The summed E-state index contributed by atoms with van der Waals surface area (Å²) in [5, 5.41) is 11.9. The van der Waals surface area contributed by atoms with Gasteiger partial charge in [0.25, 0.3) is 5.91 Å². The van der Waals surface area contributed by atoms with E-state index >= 15 is 0 Å². The highest BCUT2D eigenvalue weighted by Crippen LogP contribution is 2.33. The first-order valence-electron chi connectivity index (χ1n) is 7.94. The van der Waals surface area contributed by atoms with Gasteiger partial charge in [-0.3, -0.25) is 9.59 Å². The summed E-state index contributed by atoms with van der Waals surface area (Å²) in [6, 6.07) is 5.57. The molecule has 0 aliphatic rings. The second-order valence-electron chi connectivity index (χ2n) is 7.11. The smallest absolute Gasteiger partial charge is 0.311 e. The van der Waals surface area contributed by atoms with E-state index < -0.39 is 11.9 Å². The Kier molecular flexibility index (Phi) is 5.30. The van der Waals surface area contributed by atoms with Crippen LogP contribution in [0.4, 0.5) is 4.39 Å². The van der Waals surface area contributed by atoms with Gasteiger partial charge in [-0.25, -0.2) is 4.39 Å². The van der Waals surface area contributed by atoms with E-state index in [2.05, 4.69) is 5.32 Å². The molecule has 0 radical (unpaired) electrons. The maximum absolute atomic E-state index is 13.2. The molecule has 0 saturated heterocycles. The fourth-order valence-corrected chi connectivity index (χ4v) is 2.73. The number of carboxylic acids is 1. The van der Waals surface area contributed by atoms with Gasteiger partial charge in [-0.15, -0.1) is 0 Å². The molecule has 0 fully saturated rings. The topological polar surface area (TPSA) is 79.5 Å². The van der Waals surface area contributed by atoms with E-state index in [9.17, 15) is 14.0 Å². The maximum atomic E-state index is 13.2. The number of nitrogens with one attached hydrogen (secondary N) is 1. The SMILES string of the molecule is Cc1coc(CC(=O)O)c1C(=O)NC(c1ccc(F)cc1)C(C)(C)C. The summed E-state index contributed by atoms with van der Waals surface area (Å²) >= 11 is 0. The van der Waals surface area contributed by atoms with Crippen LogP contribution in [0.15, 0.2) is 34.9 Å². The fourth-order valence-electron chi connectivity index (χ4n) is 2.73. The zero-order chi connectivity index (χ0) is 18.8. The molecule has 0 aliphatic heterocycles. The second kappa shape index (κ2) is 7.09. The van der Waals surface area contributed by atoms with Crippen molar-refractivity contribution < 1.29 is 23.5 Å². The highest BCUT2D eigenvalue weighted by Gasteiger charge is 2.30. The van der Waals surface area contributed by atoms with Crippen LogP contribution in [0.5, 0.6) is 0 Å². The predicted octanol–water partition coefficient (Wildman–Crippen LogP) is 3.87.